The van der Waals surface area contributed by atoms with Crippen molar-refractivity contribution in [2.24, 2.45) is 5.41 Å². The van der Waals surface area contributed by atoms with E-state index in [4.69, 9.17) is 11.6 Å². The lowest BCUT2D eigenvalue weighted by atomic mass is 9.78. The normalized spacial score (nSPS) is 21.4. The SMILES string of the molecule is CCN(C(=O)O)[C@@H]1CN(C(=O)C2(C#N)CCN(c3ccccn3)CC2)C[C@H]1c1ccc(Cl)c(F)c1. The number of carbonyl (C=O) groups excluding carboxylic acids is 1. The first kappa shape index (κ1) is 24.7. The maximum atomic E-state index is 14.2. The zero-order valence-electron chi connectivity index (χ0n) is 19.4. The van der Waals surface area contributed by atoms with Crippen LogP contribution in [-0.2, 0) is 4.79 Å². The first-order valence-corrected chi connectivity index (χ1v) is 12.0. The summed E-state index contributed by atoms with van der Waals surface area (Å²) in [6.45, 7) is 3.30. The maximum absolute atomic E-state index is 14.2. The third-order valence-electron chi connectivity index (χ3n) is 7.15. The van der Waals surface area contributed by atoms with Crippen LogP contribution in [0, 0.1) is 22.6 Å². The number of benzene rings is 1. The fraction of sp³-hybridized carbons (Fsp3) is 0.440. The van der Waals surface area contributed by atoms with Crippen LogP contribution in [0.5, 0.6) is 0 Å². The molecular weight excluding hydrogens is 473 g/mol. The van der Waals surface area contributed by atoms with Crippen LogP contribution < -0.4 is 4.90 Å². The van der Waals surface area contributed by atoms with Gasteiger partial charge in [-0.05, 0) is 49.6 Å². The Labute approximate surface area is 208 Å². The van der Waals surface area contributed by atoms with E-state index >= 15 is 0 Å². The van der Waals surface area contributed by atoms with E-state index in [2.05, 4.69) is 16.0 Å². The second kappa shape index (κ2) is 10.1. The predicted molar refractivity (Wildman–Crippen MR) is 129 cm³/mol. The lowest BCUT2D eigenvalue weighted by molar-refractivity contribution is -0.139. The van der Waals surface area contributed by atoms with Crippen molar-refractivity contribution in [2.75, 3.05) is 37.6 Å². The average Bonchev–Trinajstić information content (AvgIpc) is 3.31. The first-order chi connectivity index (χ1) is 16.8. The van der Waals surface area contributed by atoms with Gasteiger partial charge in [-0.2, -0.15) is 5.26 Å². The van der Waals surface area contributed by atoms with E-state index in [1.165, 1.54) is 17.0 Å². The number of rotatable bonds is 5. The molecule has 2 fully saturated rings. The van der Waals surface area contributed by atoms with Gasteiger partial charge in [0.25, 0.3) is 0 Å². The molecule has 0 radical (unpaired) electrons. The molecule has 2 atom stereocenters. The number of hydrogen-bond acceptors (Lipinski definition) is 5. The van der Waals surface area contributed by atoms with Crippen molar-refractivity contribution in [1.29, 1.82) is 5.26 Å². The highest BCUT2D eigenvalue weighted by Crippen LogP contribution is 2.39. The number of pyridine rings is 1. The summed E-state index contributed by atoms with van der Waals surface area (Å²) in [5.41, 5.74) is -0.626. The van der Waals surface area contributed by atoms with Gasteiger partial charge in [0.15, 0.2) is 0 Å². The summed E-state index contributed by atoms with van der Waals surface area (Å²) in [7, 11) is 0. The molecule has 1 N–H and O–H groups in total. The van der Waals surface area contributed by atoms with E-state index in [0.717, 1.165) is 5.82 Å². The van der Waals surface area contributed by atoms with Crippen LogP contribution in [0.15, 0.2) is 42.6 Å². The molecule has 3 heterocycles. The fourth-order valence-corrected chi connectivity index (χ4v) is 5.30. The second-order valence-corrected chi connectivity index (χ2v) is 9.40. The Balaban J connectivity index is 1.57. The molecule has 2 aliphatic rings. The van der Waals surface area contributed by atoms with E-state index in [1.807, 2.05) is 18.2 Å². The Morgan fingerprint density at radius 3 is 2.60 bits per heavy atom. The maximum Gasteiger partial charge on any atom is 0.407 e. The minimum atomic E-state index is -1.20. The molecule has 2 saturated heterocycles. The van der Waals surface area contributed by atoms with Gasteiger partial charge in [0, 0.05) is 44.8 Å². The van der Waals surface area contributed by atoms with Crippen LogP contribution in [0.3, 0.4) is 0 Å². The molecule has 0 saturated carbocycles. The topological polar surface area (TPSA) is 101 Å². The number of likely N-dealkylation sites (N-methyl/N-ethyl adjacent to an activating group) is 1. The third-order valence-corrected chi connectivity index (χ3v) is 7.45. The van der Waals surface area contributed by atoms with Gasteiger partial charge in [-0.15, -0.1) is 0 Å². The van der Waals surface area contributed by atoms with Crippen LogP contribution in [0.1, 0.15) is 31.2 Å². The summed E-state index contributed by atoms with van der Waals surface area (Å²) in [4.78, 5) is 34.9. The molecule has 1 aromatic carbocycles. The molecular formula is C25H27ClFN5O3. The Kier molecular flexibility index (Phi) is 7.13. The average molecular weight is 500 g/mol. The number of halogens is 2. The van der Waals surface area contributed by atoms with Crippen LogP contribution in [0.4, 0.5) is 15.0 Å². The highest BCUT2D eigenvalue weighted by molar-refractivity contribution is 6.30. The molecule has 184 valence electrons. The summed E-state index contributed by atoms with van der Waals surface area (Å²) < 4.78 is 14.2. The Morgan fingerprint density at radius 1 is 1.29 bits per heavy atom. The fourth-order valence-electron chi connectivity index (χ4n) is 5.18. The molecule has 35 heavy (non-hydrogen) atoms. The number of piperidine rings is 1. The molecule has 2 aliphatic heterocycles. The number of aromatic nitrogens is 1. The molecule has 0 unspecified atom stereocenters. The standard InChI is InChI=1S/C25H27ClFN5O3/c1-2-32(24(34)35)21-15-31(14-18(21)17-6-7-19(26)20(27)13-17)23(33)25(16-28)8-11-30(12-9-25)22-5-3-4-10-29-22/h3-7,10,13,18,21H,2,8-9,11-12,14-15H2,1H3,(H,34,35)/t18-,21+/m0/s1. The quantitative estimate of drug-likeness (QED) is 0.667. The minimum absolute atomic E-state index is 0.0232. The summed E-state index contributed by atoms with van der Waals surface area (Å²) in [6, 6.07) is 11.7. The lowest BCUT2D eigenvalue weighted by Gasteiger charge is -2.38. The molecule has 0 spiro atoms. The van der Waals surface area contributed by atoms with Gasteiger partial charge in [-0.25, -0.2) is 14.2 Å². The van der Waals surface area contributed by atoms with E-state index in [-0.39, 0.29) is 30.6 Å². The highest BCUT2D eigenvalue weighted by Gasteiger charge is 2.49. The minimum Gasteiger partial charge on any atom is -0.465 e. The van der Waals surface area contributed by atoms with Crippen molar-refractivity contribution in [1.82, 2.24) is 14.8 Å². The molecule has 1 aromatic heterocycles. The monoisotopic (exact) mass is 499 g/mol. The Morgan fingerprint density at radius 2 is 2.03 bits per heavy atom. The molecule has 2 aromatic rings. The van der Waals surface area contributed by atoms with E-state index in [0.29, 0.717) is 31.5 Å². The summed E-state index contributed by atoms with van der Waals surface area (Å²) >= 11 is 5.85. The van der Waals surface area contributed by atoms with Crippen molar-refractivity contribution in [3.05, 3.63) is 59.0 Å². The molecule has 0 bridgehead atoms. The number of nitrogens with zero attached hydrogens (tertiary/aromatic N) is 5. The van der Waals surface area contributed by atoms with Crippen molar-refractivity contribution in [2.45, 2.75) is 31.7 Å². The van der Waals surface area contributed by atoms with Gasteiger partial charge in [0.2, 0.25) is 5.91 Å². The largest absolute Gasteiger partial charge is 0.465 e. The zero-order valence-corrected chi connectivity index (χ0v) is 20.2. The van der Waals surface area contributed by atoms with Crippen molar-refractivity contribution >= 4 is 29.4 Å². The zero-order chi connectivity index (χ0) is 25.2. The number of amides is 2. The molecule has 10 heteroatoms. The highest BCUT2D eigenvalue weighted by atomic mass is 35.5. The Bertz CT molecular complexity index is 1130. The van der Waals surface area contributed by atoms with Gasteiger partial charge >= 0.3 is 6.09 Å². The van der Waals surface area contributed by atoms with Crippen LogP contribution in [-0.4, -0.2) is 70.7 Å². The van der Waals surface area contributed by atoms with Crippen molar-refractivity contribution in [3.63, 3.8) is 0 Å². The number of carbonyl (C=O) groups is 2. The predicted octanol–water partition coefficient (Wildman–Crippen LogP) is 3.98. The van der Waals surface area contributed by atoms with Crippen LogP contribution in [0.25, 0.3) is 0 Å². The summed E-state index contributed by atoms with van der Waals surface area (Å²) in [5.74, 6) is -0.533. The number of likely N-dealkylation sites (tertiary alicyclic amines) is 1. The van der Waals surface area contributed by atoms with E-state index in [9.17, 15) is 24.3 Å². The molecule has 8 nitrogen and oxygen atoms in total. The number of carboxylic acid groups (broad SMARTS) is 1. The first-order valence-electron chi connectivity index (χ1n) is 11.6. The van der Waals surface area contributed by atoms with Crippen LogP contribution >= 0.6 is 11.6 Å². The van der Waals surface area contributed by atoms with Gasteiger partial charge in [-0.3, -0.25) is 4.79 Å². The number of hydrogen-bond donors (Lipinski definition) is 1. The van der Waals surface area contributed by atoms with Crippen molar-refractivity contribution in [3.8, 4) is 6.07 Å². The smallest absolute Gasteiger partial charge is 0.407 e. The summed E-state index contributed by atoms with van der Waals surface area (Å²) in [5, 5.41) is 19.8. The lowest BCUT2D eigenvalue weighted by Crippen LogP contribution is -2.50. The van der Waals surface area contributed by atoms with Crippen LogP contribution in [0.2, 0.25) is 5.02 Å². The van der Waals surface area contributed by atoms with Gasteiger partial charge < -0.3 is 19.8 Å². The van der Waals surface area contributed by atoms with Gasteiger partial charge in [0.1, 0.15) is 17.1 Å². The molecule has 0 aliphatic carbocycles. The number of nitriles is 1. The van der Waals surface area contributed by atoms with Crippen molar-refractivity contribution < 1.29 is 19.1 Å². The third kappa shape index (κ3) is 4.76. The Hall–Kier alpha value is -3.38. The summed E-state index contributed by atoms with van der Waals surface area (Å²) in [6.07, 6.45) is 1.29. The molecule has 2 amide bonds. The van der Waals surface area contributed by atoms with Gasteiger partial charge in [0.05, 0.1) is 17.1 Å². The van der Waals surface area contributed by atoms with E-state index in [1.54, 1.807) is 24.1 Å². The van der Waals surface area contributed by atoms with Gasteiger partial charge in [-0.1, -0.05) is 23.7 Å². The molecule has 4 rings (SSSR count). The van der Waals surface area contributed by atoms with E-state index < -0.39 is 29.3 Å². The second-order valence-electron chi connectivity index (χ2n) is 9.00. The number of anilines is 1.